The number of carbonyl (C=O) groups is 2. The monoisotopic (exact) mass is 552 g/mol. The summed E-state index contributed by atoms with van der Waals surface area (Å²) >= 11 is 2.72. The molecule has 3 heterocycles. The van der Waals surface area contributed by atoms with Crippen molar-refractivity contribution in [2.45, 2.75) is 32.1 Å². The highest BCUT2D eigenvalue weighted by Gasteiger charge is 2.39. The molecule has 1 N–H and O–H groups in total. The SMILES string of the molecule is Cc1ccccc1-n1nc(-c2cccs2)c2c1N(CC(=O)NC(C)C)C(=O)CS[C@H]2c1ccc(F)cc1F. The van der Waals surface area contributed by atoms with Crippen molar-refractivity contribution in [3.8, 4) is 16.3 Å². The van der Waals surface area contributed by atoms with Gasteiger partial charge in [-0.2, -0.15) is 5.10 Å². The van der Waals surface area contributed by atoms with Gasteiger partial charge >= 0.3 is 0 Å². The molecular weight excluding hydrogens is 526 g/mol. The van der Waals surface area contributed by atoms with Crippen molar-refractivity contribution in [3.63, 3.8) is 0 Å². The first-order valence-corrected chi connectivity index (χ1v) is 14.1. The van der Waals surface area contributed by atoms with E-state index < -0.39 is 16.9 Å². The average Bonchev–Trinajstić information content (AvgIpc) is 3.49. The summed E-state index contributed by atoms with van der Waals surface area (Å²) in [5.74, 6) is -1.58. The normalized spacial score (nSPS) is 15.5. The number of benzene rings is 2. The lowest BCUT2D eigenvalue weighted by molar-refractivity contribution is -0.123. The van der Waals surface area contributed by atoms with E-state index in [1.165, 1.54) is 40.1 Å². The van der Waals surface area contributed by atoms with Crippen LogP contribution in [0, 0.1) is 18.6 Å². The molecule has 196 valence electrons. The number of aromatic nitrogens is 2. The van der Waals surface area contributed by atoms with E-state index >= 15 is 4.39 Å². The maximum atomic E-state index is 15.2. The number of halogens is 2. The quantitative estimate of drug-likeness (QED) is 0.324. The van der Waals surface area contributed by atoms with Crippen LogP contribution in [-0.4, -0.2) is 39.9 Å². The van der Waals surface area contributed by atoms with Gasteiger partial charge in [0.2, 0.25) is 11.8 Å². The maximum absolute atomic E-state index is 15.2. The summed E-state index contributed by atoms with van der Waals surface area (Å²) in [4.78, 5) is 28.8. The third-order valence-corrected chi connectivity index (χ3v) is 8.30. The molecular formula is C28H26F2N4O2S2. The first kappa shape index (κ1) is 26.1. The van der Waals surface area contributed by atoms with Crippen molar-refractivity contribution in [1.29, 1.82) is 0 Å². The lowest BCUT2D eigenvalue weighted by Crippen LogP contribution is -2.44. The van der Waals surface area contributed by atoms with Gasteiger partial charge in [0.25, 0.3) is 0 Å². The number of fused-ring (bicyclic) bond motifs is 1. The molecule has 1 aliphatic rings. The predicted octanol–water partition coefficient (Wildman–Crippen LogP) is 5.88. The number of thioether (sulfide) groups is 1. The van der Waals surface area contributed by atoms with Crippen LogP contribution in [0.15, 0.2) is 60.0 Å². The van der Waals surface area contributed by atoms with Gasteiger partial charge in [-0.25, -0.2) is 13.5 Å². The highest BCUT2D eigenvalue weighted by atomic mass is 32.2. The molecule has 0 saturated carbocycles. The molecule has 2 aromatic heterocycles. The van der Waals surface area contributed by atoms with Gasteiger partial charge in [-0.1, -0.05) is 30.3 Å². The first-order valence-electron chi connectivity index (χ1n) is 12.1. The summed E-state index contributed by atoms with van der Waals surface area (Å²) in [6, 6.07) is 14.8. The number of hydrogen-bond donors (Lipinski definition) is 1. The van der Waals surface area contributed by atoms with Gasteiger partial charge in [-0.3, -0.25) is 14.5 Å². The number of thiophene rings is 1. The highest BCUT2D eigenvalue weighted by molar-refractivity contribution is 8.00. The Hall–Kier alpha value is -3.50. The molecule has 6 nitrogen and oxygen atoms in total. The standard InChI is InChI=1S/C28H26F2N4O2S2/c1-16(2)31-23(35)14-33-24(36)15-38-27(19-11-10-18(29)13-20(19)30)25-26(22-9-6-12-37-22)32-34(28(25)33)21-8-5-4-7-17(21)3/h4-13,16,27H,14-15H2,1-3H3,(H,31,35)/t27-/m0/s1. The number of amides is 2. The van der Waals surface area contributed by atoms with Gasteiger partial charge < -0.3 is 5.32 Å². The van der Waals surface area contributed by atoms with Crippen LogP contribution < -0.4 is 10.2 Å². The number of nitrogens with one attached hydrogen (secondary N) is 1. The zero-order valence-corrected chi connectivity index (χ0v) is 22.7. The van der Waals surface area contributed by atoms with Crippen LogP contribution in [0.1, 0.15) is 35.8 Å². The number of nitrogens with zero attached hydrogens (tertiary/aromatic N) is 3. The Balaban J connectivity index is 1.82. The summed E-state index contributed by atoms with van der Waals surface area (Å²) in [5.41, 5.74) is 3.09. The van der Waals surface area contributed by atoms with Crippen molar-refractivity contribution in [1.82, 2.24) is 15.1 Å². The summed E-state index contributed by atoms with van der Waals surface area (Å²) < 4.78 is 30.8. The Morgan fingerprint density at radius 3 is 2.63 bits per heavy atom. The third kappa shape index (κ3) is 4.98. The molecule has 1 atom stereocenters. The smallest absolute Gasteiger partial charge is 0.240 e. The first-order chi connectivity index (χ1) is 18.2. The van der Waals surface area contributed by atoms with Crippen LogP contribution in [0.4, 0.5) is 14.6 Å². The van der Waals surface area contributed by atoms with Crippen LogP contribution in [0.5, 0.6) is 0 Å². The Morgan fingerprint density at radius 1 is 1.16 bits per heavy atom. The summed E-state index contributed by atoms with van der Waals surface area (Å²) in [6.07, 6.45) is 0. The minimum absolute atomic E-state index is 0.00275. The molecule has 1 aliphatic heterocycles. The van der Waals surface area contributed by atoms with E-state index in [2.05, 4.69) is 5.32 Å². The zero-order valence-electron chi connectivity index (χ0n) is 21.1. The molecule has 0 unspecified atom stereocenters. The molecule has 0 saturated heterocycles. The van der Waals surface area contributed by atoms with E-state index in [0.29, 0.717) is 17.1 Å². The van der Waals surface area contributed by atoms with E-state index in [-0.39, 0.29) is 35.7 Å². The Labute approximate surface area is 227 Å². The summed E-state index contributed by atoms with van der Waals surface area (Å²) in [7, 11) is 0. The van der Waals surface area contributed by atoms with E-state index in [4.69, 9.17) is 5.10 Å². The van der Waals surface area contributed by atoms with E-state index in [0.717, 1.165) is 22.2 Å². The average molecular weight is 553 g/mol. The number of anilines is 1. The molecule has 10 heteroatoms. The van der Waals surface area contributed by atoms with Gasteiger partial charge in [-0.05, 0) is 49.9 Å². The minimum Gasteiger partial charge on any atom is -0.352 e. The van der Waals surface area contributed by atoms with Gasteiger partial charge in [0.1, 0.15) is 29.7 Å². The fourth-order valence-corrected chi connectivity index (χ4v) is 6.50. The van der Waals surface area contributed by atoms with Crippen LogP contribution in [-0.2, 0) is 9.59 Å². The second-order valence-electron chi connectivity index (χ2n) is 9.32. The van der Waals surface area contributed by atoms with Gasteiger partial charge in [0.15, 0.2) is 0 Å². The number of aryl methyl sites for hydroxylation is 1. The second-order valence-corrected chi connectivity index (χ2v) is 11.4. The molecule has 5 rings (SSSR count). The lowest BCUT2D eigenvalue weighted by Gasteiger charge is -2.24. The second kappa shape index (κ2) is 10.7. The molecule has 0 aliphatic carbocycles. The molecule has 2 aromatic carbocycles. The van der Waals surface area contributed by atoms with Crippen LogP contribution in [0.3, 0.4) is 0 Å². The Bertz CT molecular complexity index is 1500. The van der Waals surface area contributed by atoms with E-state index in [1.807, 2.05) is 62.5 Å². The van der Waals surface area contributed by atoms with Crippen molar-refractivity contribution in [2.75, 3.05) is 17.2 Å². The van der Waals surface area contributed by atoms with Crippen LogP contribution in [0.2, 0.25) is 0 Å². The molecule has 0 spiro atoms. The molecule has 0 radical (unpaired) electrons. The largest absolute Gasteiger partial charge is 0.352 e. The van der Waals surface area contributed by atoms with Crippen molar-refractivity contribution in [3.05, 3.63) is 88.3 Å². The number of carbonyl (C=O) groups excluding carboxylic acids is 2. The summed E-state index contributed by atoms with van der Waals surface area (Å²) in [5, 5.41) is 9.09. The number of para-hydroxylation sites is 1. The van der Waals surface area contributed by atoms with Gasteiger partial charge in [-0.15, -0.1) is 23.1 Å². The van der Waals surface area contributed by atoms with E-state index in [9.17, 15) is 14.0 Å². The summed E-state index contributed by atoms with van der Waals surface area (Å²) in [6.45, 7) is 5.42. The molecule has 2 amide bonds. The Kier molecular flexibility index (Phi) is 7.36. The van der Waals surface area contributed by atoms with Gasteiger partial charge in [0.05, 0.1) is 21.6 Å². The fourth-order valence-electron chi connectivity index (χ4n) is 4.55. The maximum Gasteiger partial charge on any atom is 0.240 e. The van der Waals surface area contributed by atoms with Crippen LogP contribution in [0.25, 0.3) is 16.3 Å². The van der Waals surface area contributed by atoms with E-state index in [1.54, 1.807) is 4.68 Å². The number of hydrogen-bond acceptors (Lipinski definition) is 5. The number of rotatable bonds is 6. The van der Waals surface area contributed by atoms with Crippen molar-refractivity contribution >= 4 is 40.7 Å². The Morgan fingerprint density at radius 2 is 1.95 bits per heavy atom. The third-order valence-electron chi connectivity index (χ3n) is 6.18. The van der Waals surface area contributed by atoms with Crippen molar-refractivity contribution < 1.29 is 18.4 Å². The molecule has 0 fully saturated rings. The predicted molar refractivity (Wildman–Crippen MR) is 148 cm³/mol. The zero-order chi connectivity index (χ0) is 27.0. The lowest BCUT2D eigenvalue weighted by atomic mass is 10.0. The highest BCUT2D eigenvalue weighted by Crippen LogP contribution is 2.49. The van der Waals surface area contributed by atoms with Crippen LogP contribution >= 0.6 is 23.1 Å². The van der Waals surface area contributed by atoms with Gasteiger partial charge in [0, 0.05) is 23.2 Å². The molecule has 0 bridgehead atoms. The molecule has 4 aromatic rings. The topological polar surface area (TPSA) is 67.2 Å². The van der Waals surface area contributed by atoms with Crippen molar-refractivity contribution in [2.24, 2.45) is 0 Å². The molecule has 38 heavy (non-hydrogen) atoms. The minimum atomic E-state index is -0.701. The fraction of sp³-hybridized carbons (Fsp3) is 0.250.